The fourth-order valence-electron chi connectivity index (χ4n) is 3.30. The molecular weight excluding hydrogens is 372 g/mol. The Hall–Kier alpha value is -2.62. The Morgan fingerprint density at radius 1 is 0.667 bits per heavy atom. The van der Waals surface area contributed by atoms with Gasteiger partial charge in [-0.1, -0.05) is 53.7 Å². The first kappa shape index (κ1) is 23.7. The van der Waals surface area contributed by atoms with E-state index in [2.05, 4.69) is 51.5 Å². The van der Waals surface area contributed by atoms with Crippen molar-refractivity contribution in [2.24, 2.45) is 20.8 Å². The summed E-state index contributed by atoms with van der Waals surface area (Å²) < 4.78 is 0. The maximum Gasteiger partial charge on any atom is 0.124 e. The molecular formula is C26H36N2O2. The van der Waals surface area contributed by atoms with Crippen LogP contribution in [0.2, 0.25) is 0 Å². The van der Waals surface area contributed by atoms with Crippen molar-refractivity contribution in [1.82, 2.24) is 0 Å². The van der Waals surface area contributed by atoms with Crippen LogP contribution in [0.15, 0.2) is 46.4 Å². The van der Waals surface area contributed by atoms with Gasteiger partial charge in [0.15, 0.2) is 0 Å². The lowest BCUT2D eigenvalue weighted by atomic mass is 9.87. The molecule has 0 saturated heterocycles. The van der Waals surface area contributed by atoms with Crippen LogP contribution < -0.4 is 0 Å². The van der Waals surface area contributed by atoms with Crippen LogP contribution in [0.1, 0.15) is 63.8 Å². The molecule has 0 amide bonds. The van der Waals surface area contributed by atoms with Crippen LogP contribution in [0.25, 0.3) is 0 Å². The standard InChI is InChI=1S/C26H36N2O2/c1-25(2,3)15-19-7-9-23(29)21(13-19)17-27-11-12-28-18-22-14-20(8-10-24(22)30)16-26(4,5)6/h7-10,13-14,17-18,29-30H,11-12,15-16H2,1-6H3. The summed E-state index contributed by atoms with van der Waals surface area (Å²) in [7, 11) is 0. The molecule has 2 aromatic rings. The second-order valence-corrected chi connectivity index (χ2v) is 10.3. The number of aliphatic imine (C=N–C) groups is 2. The minimum absolute atomic E-state index is 0.190. The van der Waals surface area contributed by atoms with Gasteiger partial charge < -0.3 is 10.2 Å². The van der Waals surface area contributed by atoms with Crippen LogP contribution in [0.3, 0.4) is 0 Å². The number of rotatable bonds is 7. The first-order valence-corrected chi connectivity index (χ1v) is 10.6. The van der Waals surface area contributed by atoms with Gasteiger partial charge in [0.05, 0.1) is 13.1 Å². The van der Waals surface area contributed by atoms with Gasteiger partial charge in [-0.3, -0.25) is 9.98 Å². The Labute approximate surface area is 181 Å². The molecule has 2 aromatic carbocycles. The summed E-state index contributed by atoms with van der Waals surface area (Å²) in [6, 6.07) is 11.4. The first-order chi connectivity index (χ1) is 13.9. The van der Waals surface area contributed by atoms with Crippen LogP contribution >= 0.6 is 0 Å². The van der Waals surface area contributed by atoms with E-state index >= 15 is 0 Å². The molecule has 0 unspecified atom stereocenters. The maximum atomic E-state index is 10.1. The second-order valence-electron chi connectivity index (χ2n) is 10.3. The summed E-state index contributed by atoms with van der Waals surface area (Å²) in [6.07, 6.45) is 5.29. The molecule has 0 aliphatic heterocycles. The van der Waals surface area contributed by atoms with Crippen molar-refractivity contribution in [1.29, 1.82) is 0 Å². The molecule has 30 heavy (non-hydrogen) atoms. The van der Waals surface area contributed by atoms with Crippen molar-refractivity contribution < 1.29 is 10.2 Å². The minimum atomic E-state index is 0.190. The van der Waals surface area contributed by atoms with Crippen LogP contribution in [-0.2, 0) is 12.8 Å². The maximum absolute atomic E-state index is 10.1. The van der Waals surface area contributed by atoms with Gasteiger partial charge in [0.25, 0.3) is 0 Å². The number of benzene rings is 2. The van der Waals surface area contributed by atoms with Gasteiger partial charge in [0, 0.05) is 23.6 Å². The van der Waals surface area contributed by atoms with E-state index in [-0.39, 0.29) is 22.3 Å². The predicted octanol–water partition coefficient (Wildman–Crippen LogP) is 5.81. The molecule has 0 bridgehead atoms. The summed E-state index contributed by atoms with van der Waals surface area (Å²) in [5, 5.41) is 20.1. The molecule has 4 heteroatoms. The number of aromatic hydroxyl groups is 2. The van der Waals surface area contributed by atoms with E-state index in [0.29, 0.717) is 13.1 Å². The highest BCUT2D eigenvalue weighted by Gasteiger charge is 2.13. The van der Waals surface area contributed by atoms with Gasteiger partial charge in [-0.15, -0.1) is 0 Å². The quantitative estimate of drug-likeness (QED) is 0.448. The minimum Gasteiger partial charge on any atom is -0.507 e. The van der Waals surface area contributed by atoms with Crippen LogP contribution in [-0.4, -0.2) is 35.7 Å². The predicted molar refractivity (Wildman–Crippen MR) is 127 cm³/mol. The van der Waals surface area contributed by atoms with Crippen molar-refractivity contribution in [3.05, 3.63) is 58.7 Å². The number of hydrogen-bond acceptors (Lipinski definition) is 4. The molecule has 0 atom stereocenters. The summed E-state index contributed by atoms with van der Waals surface area (Å²) in [5.74, 6) is 0.473. The third-order valence-electron chi connectivity index (χ3n) is 4.47. The molecule has 0 heterocycles. The summed E-state index contributed by atoms with van der Waals surface area (Å²) in [6.45, 7) is 14.2. The van der Waals surface area contributed by atoms with Gasteiger partial charge in [-0.25, -0.2) is 0 Å². The number of phenols is 2. The van der Waals surface area contributed by atoms with Gasteiger partial charge in [0.2, 0.25) is 0 Å². The second kappa shape index (κ2) is 9.92. The lowest BCUT2D eigenvalue weighted by molar-refractivity contribution is 0.410. The molecule has 0 spiro atoms. The Kier molecular flexibility index (Phi) is 7.83. The van der Waals surface area contributed by atoms with E-state index < -0.39 is 0 Å². The number of hydrogen-bond donors (Lipinski definition) is 2. The Morgan fingerprint density at radius 2 is 1.03 bits per heavy atom. The average molecular weight is 409 g/mol. The van der Waals surface area contributed by atoms with E-state index in [9.17, 15) is 10.2 Å². The largest absolute Gasteiger partial charge is 0.507 e. The van der Waals surface area contributed by atoms with Gasteiger partial charge in [-0.2, -0.15) is 0 Å². The zero-order chi connectivity index (χ0) is 22.4. The Morgan fingerprint density at radius 3 is 1.37 bits per heavy atom. The van der Waals surface area contributed by atoms with E-state index in [4.69, 9.17) is 0 Å². The molecule has 162 valence electrons. The van der Waals surface area contributed by atoms with Gasteiger partial charge in [-0.05, 0) is 59.1 Å². The van der Waals surface area contributed by atoms with Crippen molar-refractivity contribution in [2.75, 3.05) is 13.1 Å². The van der Waals surface area contributed by atoms with Crippen molar-refractivity contribution >= 4 is 12.4 Å². The van der Waals surface area contributed by atoms with Crippen LogP contribution in [0.5, 0.6) is 11.5 Å². The molecule has 0 aliphatic carbocycles. The zero-order valence-corrected chi connectivity index (χ0v) is 19.2. The van der Waals surface area contributed by atoms with E-state index in [1.807, 2.05) is 24.3 Å². The summed E-state index contributed by atoms with van der Waals surface area (Å²) in [5.41, 5.74) is 4.21. The van der Waals surface area contributed by atoms with E-state index in [1.54, 1.807) is 24.6 Å². The molecule has 0 aliphatic rings. The van der Waals surface area contributed by atoms with Gasteiger partial charge in [0.1, 0.15) is 11.5 Å². The monoisotopic (exact) mass is 408 g/mol. The number of nitrogens with zero attached hydrogens (tertiary/aromatic N) is 2. The molecule has 2 N–H and O–H groups in total. The highest BCUT2D eigenvalue weighted by atomic mass is 16.3. The lowest BCUT2D eigenvalue weighted by Crippen LogP contribution is -2.09. The summed E-state index contributed by atoms with van der Waals surface area (Å²) in [4.78, 5) is 8.80. The van der Waals surface area contributed by atoms with Crippen molar-refractivity contribution in [3.8, 4) is 11.5 Å². The molecule has 0 saturated carbocycles. The Bertz CT molecular complexity index is 825. The average Bonchev–Trinajstić information content (AvgIpc) is 2.60. The van der Waals surface area contributed by atoms with Gasteiger partial charge >= 0.3 is 0 Å². The van der Waals surface area contributed by atoms with E-state index in [0.717, 1.165) is 24.0 Å². The molecule has 4 nitrogen and oxygen atoms in total. The van der Waals surface area contributed by atoms with Crippen molar-refractivity contribution in [2.45, 2.75) is 54.4 Å². The highest BCUT2D eigenvalue weighted by Crippen LogP contribution is 2.25. The first-order valence-electron chi connectivity index (χ1n) is 10.6. The topological polar surface area (TPSA) is 65.2 Å². The third kappa shape index (κ3) is 8.40. The highest BCUT2D eigenvalue weighted by molar-refractivity contribution is 5.84. The van der Waals surface area contributed by atoms with E-state index in [1.165, 1.54) is 11.1 Å². The molecule has 0 radical (unpaired) electrons. The SMILES string of the molecule is CC(C)(C)Cc1ccc(O)c(C=NCCN=Cc2cc(CC(C)(C)C)ccc2O)c1. The van der Waals surface area contributed by atoms with Crippen LogP contribution in [0, 0.1) is 10.8 Å². The molecule has 0 aromatic heterocycles. The third-order valence-corrected chi connectivity index (χ3v) is 4.47. The lowest BCUT2D eigenvalue weighted by Gasteiger charge is -2.18. The normalized spacial score (nSPS) is 12.9. The summed E-state index contributed by atoms with van der Waals surface area (Å²) >= 11 is 0. The molecule has 2 rings (SSSR count). The zero-order valence-electron chi connectivity index (χ0n) is 19.2. The number of phenolic OH excluding ortho intramolecular Hbond substituents is 2. The Balaban J connectivity index is 1.95. The molecule has 0 fully saturated rings. The fourth-order valence-corrected chi connectivity index (χ4v) is 3.30. The van der Waals surface area contributed by atoms with Crippen molar-refractivity contribution in [3.63, 3.8) is 0 Å². The smallest absolute Gasteiger partial charge is 0.124 e. The fraction of sp³-hybridized carbons (Fsp3) is 0.462. The van der Waals surface area contributed by atoms with Crippen LogP contribution in [0.4, 0.5) is 0 Å².